The van der Waals surface area contributed by atoms with Crippen molar-refractivity contribution in [2.75, 3.05) is 13.1 Å². The molecule has 8 heteroatoms. The first-order valence-corrected chi connectivity index (χ1v) is 7.84. The van der Waals surface area contributed by atoms with E-state index >= 15 is 0 Å². The molecule has 20 heavy (non-hydrogen) atoms. The number of pyridine rings is 1. The molecule has 0 bridgehead atoms. The van der Waals surface area contributed by atoms with Gasteiger partial charge in [0.05, 0.1) is 6.07 Å². The monoisotopic (exact) mass is 312 g/mol. The lowest BCUT2D eigenvalue weighted by Gasteiger charge is -2.18. The Labute approximate surface area is 122 Å². The van der Waals surface area contributed by atoms with E-state index in [9.17, 15) is 8.42 Å². The maximum Gasteiger partial charge on any atom is 0.262 e. The number of hydrogen-bond donors (Lipinski definition) is 0. The van der Waals surface area contributed by atoms with Crippen molar-refractivity contribution in [1.29, 1.82) is 5.26 Å². The minimum atomic E-state index is -3.79. The van der Waals surface area contributed by atoms with E-state index in [2.05, 4.69) is 4.98 Å². The minimum Gasteiger partial charge on any atom is -0.288 e. The zero-order valence-corrected chi connectivity index (χ0v) is 12.4. The van der Waals surface area contributed by atoms with Crippen molar-refractivity contribution >= 4 is 27.3 Å². The molecule has 0 spiro atoms. The third-order valence-corrected chi connectivity index (χ3v) is 5.23. The average molecular weight is 313 g/mol. The van der Waals surface area contributed by atoms with Crippen LogP contribution in [-0.2, 0) is 10.0 Å². The Morgan fingerprint density at radius 1 is 1.50 bits per heavy atom. The van der Waals surface area contributed by atoms with Crippen molar-refractivity contribution < 1.29 is 8.42 Å². The van der Waals surface area contributed by atoms with Gasteiger partial charge in [-0.3, -0.25) is 4.40 Å². The second-order valence-corrected chi connectivity index (χ2v) is 6.25. The fraction of sp³-hybridized carbons (Fsp3) is 0.333. The van der Waals surface area contributed by atoms with Crippen LogP contribution in [0.3, 0.4) is 0 Å². The van der Waals surface area contributed by atoms with Crippen LogP contribution < -0.4 is 0 Å². The summed E-state index contributed by atoms with van der Waals surface area (Å²) in [5.74, 6) is 0. The van der Waals surface area contributed by atoms with E-state index in [0.29, 0.717) is 5.65 Å². The Bertz CT molecular complexity index is 763. The van der Waals surface area contributed by atoms with Gasteiger partial charge in [-0.2, -0.15) is 9.57 Å². The molecular weight excluding hydrogens is 300 g/mol. The molecule has 2 aromatic rings. The molecule has 0 radical (unpaired) electrons. The highest BCUT2D eigenvalue weighted by molar-refractivity contribution is 7.89. The van der Waals surface area contributed by atoms with Crippen LogP contribution in [0.1, 0.15) is 13.3 Å². The first kappa shape index (κ1) is 14.8. The number of halogens is 1. The normalized spacial score (nSPS) is 11.9. The van der Waals surface area contributed by atoms with Gasteiger partial charge in [0.15, 0.2) is 10.2 Å². The van der Waals surface area contributed by atoms with Gasteiger partial charge in [-0.15, -0.1) is 0 Å². The molecular formula is C12H13ClN4O2S. The van der Waals surface area contributed by atoms with Crippen molar-refractivity contribution in [1.82, 2.24) is 13.7 Å². The smallest absolute Gasteiger partial charge is 0.262 e. The van der Waals surface area contributed by atoms with Gasteiger partial charge in [-0.1, -0.05) is 24.6 Å². The second-order valence-electron chi connectivity index (χ2n) is 4.04. The summed E-state index contributed by atoms with van der Waals surface area (Å²) in [5, 5.41) is 8.49. The van der Waals surface area contributed by atoms with Gasteiger partial charge >= 0.3 is 0 Å². The summed E-state index contributed by atoms with van der Waals surface area (Å²) < 4.78 is 27.9. The Morgan fingerprint density at radius 3 is 2.90 bits per heavy atom. The quantitative estimate of drug-likeness (QED) is 0.845. The summed E-state index contributed by atoms with van der Waals surface area (Å²) in [4.78, 5) is 4.03. The summed E-state index contributed by atoms with van der Waals surface area (Å²) in [5.41, 5.74) is 0.465. The molecule has 0 aliphatic rings. The van der Waals surface area contributed by atoms with E-state index < -0.39 is 10.0 Å². The predicted octanol–water partition coefficient (Wildman–Crippen LogP) is 1.91. The van der Waals surface area contributed by atoms with Crippen LogP contribution in [0, 0.1) is 11.3 Å². The van der Waals surface area contributed by atoms with Gasteiger partial charge in [-0.25, -0.2) is 13.4 Å². The number of rotatable bonds is 5. The first-order valence-electron chi connectivity index (χ1n) is 6.02. The van der Waals surface area contributed by atoms with Crippen LogP contribution in [0.25, 0.3) is 5.65 Å². The van der Waals surface area contributed by atoms with Crippen LogP contribution in [-0.4, -0.2) is 35.2 Å². The van der Waals surface area contributed by atoms with Gasteiger partial charge < -0.3 is 0 Å². The summed E-state index contributed by atoms with van der Waals surface area (Å²) in [7, 11) is -3.79. The van der Waals surface area contributed by atoms with E-state index in [1.165, 1.54) is 8.71 Å². The van der Waals surface area contributed by atoms with Gasteiger partial charge in [0, 0.05) is 25.7 Å². The first-order chi connectivity index (χ1) is 9.52. The van der Waals surface area contributed by atoms with Crippen LogP contribution >= 0.6 is 11.6 Å². The molecule has 0 amide bonds. The van der Waals surface area contributed by atoms with Gasteiger partial charge in [0.1, 0.15) is 5.65 Å². The Balaban J connectivity index is 2.56. The molecule has 6 nitrogen and oxygen atoms in total. The van der Waals surface area contributed by atoms with Gasteiger partial charge in [0.2, 0.25) is 0 Å². The lowest BCUT2D eigenvalue weighted by atomic mass is 10.5. The largest absolute Gasteiger partial charge is 0.288 e. The molecule has 0 aliphatic heterocycles. The Morgan fingerprint density at radius 2 is 2.25 bits per heavy atom. The van der Waals surface area contributed by atoms with Crippen LogP contribution in [0.5, 0.6) is 0 Å². The number of aromatic nitrogens is 2. The predicted molar refractivity (Wildman–Crippen MR) is 74.9 cm³/mol. The number of hydrogen-bond acceptors (Lipinski definition) is 4. The standard InChI is InChI=1S/C12H13ClN4O2S/c1-2-16(8-5-7-14)20(18,19)12-11(13)15-10-6-3-4-9-17(10)12/h3-4,6,9H,2,5,8H2,1H3. The molecule has 0 N–H and O–H groups in total. The second kappa shape index (κ2) is 5.79. The van der Waals surface area contributed by atoms with Crippen molar-refractivity contribution in [2.24, 2.45) is 0 Å². The van der Waals surface area contributed by atoms with Gasteiger partial charge in [0.25, 0.3) is 10.0 Å². The number of imidazole rings is 1. The molecule has 0 unspecified atom stereocenters. The topological polar surface area (TPSA) is 78.5 Å². The molecule has 0 fully saturated rings. The number of fused-ring (bicyclic) bond motifs is 1. The minimum absolute atomic E-state index is 0.0606. The zero-order chi connectivity index (χ0) is 14.8. The highest BCUT2D eigenvalue weighted by Crippen LogP contribution is 2.25. The highest BCUT2D eigenvalue weighted by atomic mass is 35.5. The zero-order valence-electron chi connectivity index (χ0n) is 10.8. The van der Waals surface area contributed by atoms with Crippen LogP contribution in [0.2, 0.25) is 5.15 Å². The molecule has 0 aromatic carbocycles. The average Bonchev–Trinajstić information content (AvgIpc) is 2.75. The molecule has 2 heterocycles. The Kier molecular flexibility index (Phi) is 4.28. The number of nitrogens with zero attached hydrogens (tertiary/aromatic N) is 4. The molecule has 0 atom stereocenters. The molecule has 2 rings (SSSR count). The van der Waals surface area contributed by atoms with Gasteiger partial charge in [-0.05, 0) is 12.1 Å². The van der Waals surface area contributed by atoms with Crippen molar-refractivity contribution in [3.05, 3.63) is 29.5 Å². The summed E-state index contributed by atoms with van der Waals surface area (Å²) in [6, 6.07) is 7.07. The fourth-order valence-electron chi connectivity index (χ4n) is 1.92. The Hall–Kier alpha value is -1.62. The molecule has 0 aliphatic carbocycles. The lowest BCUT2D eigenvalue weighted by Crippen LogP contribution is -2.32. The van der Waals surface area contributed by atoms with Crippen LogP contribution in [0.15, 0.2) is 29.4 Å². The SMILES string of the molecule is CCN(CCC#N)S(=O)(=O)c1c(Cl)nc2ccccn12. The number of nitriles is 1. The summed E-state index contributed by atoms with van der Waals surface area (Å²) in [6.45, 7) is 2.11. The highest BCUT2D eigenvalue weighted by Gasteiger charge is 2.29. The van der Waals surface area contributed by atoms with E-state index in [1.807, 2.05) is 6.07 Å². The number of sulfonamides is 1. The third-order valence-electron chi connectivity index (χ3n) is 2.86. The van der Waals surface area contributed by atoms with E-state index in [4.69, 9.17) is 16.9 Å². The molecule has 106 valence electrons. The summed E-state index contributed by atoms with van der Waals surface area (Å²) >= 11 is 5.98. The fourth-order valence-corrected chi connectivity index (χ4v) is 3.97. The third kappa shape index (κ3) is 2.50. The maximum atomic E-state index is 12.6. The lowest BCUT2D eigenvalue weighted by molar-refractivity contribution is 0.432. The van der Waals surface area contributed by atoms with Crippen molar-refractivity contribution in [3.8, 4) is 6.07 Å². The van der Waals surface area contributed by atoms with Crippen molar-refractivity contribution in [2.45, 2.75) is 18.4 Å². The van der Waals surface area contributed by atoms with Crippen LogP contribution in [0.4, 0.5) is 0 Å². The molecule has 0 saturated carbocycles. The van der Waals surface area contributed by atoms with Crippen molar-refractivity contribution in [3.63, 3.8) is 0 Å². The summed E-state index contributed by atoms with van der Waals surface area (Å²) in [6.07, 6.45) is 1.72. The maximum absolute atomic E-state index is 12.6. The van der Waals surface area contributed by atoms with E-state index in [0.717, 1.165) is 0 Å². The van der Waals surface area contributed by atoms with E-state index in [-0.39, 0.29) is 29.7 Å². The van der Waals surface area contributed by atoms with E-state index in [1.54, 1.807) is 31.3 Å². The molecule has 0 saturated heterocycles. The molecule has 2 aromatic heterocycles.